The highest BCUT2D eigenvalue weighted by Gasteiger charge is 2.23. The molecule has 4 aromatic rings. The molecule has 0 amide bonds. The van der Waals surface area contributed by atoms with Crippen molar-refractivity contribution in [1.82, 2.24) is 14.6 Å². The maximum absolute atomic E-state index is 10.2. The predicted octanol–water partition coefficient (Wildman–Crippen LogP) is 6.25. The molecule has 5 rings (SSSR count). The van der Waals surface area contributed by atoms with Crippen molar-refractivity contribution in [3.8, 4) is 11.3 Å². The second-order valence-corrected chi connectivity index (χ2v) is 11.1. The van der Waals surface area contributed by atoms with Gasteiger partial charge in [0.25, 0.3) is 0 Å². The number of benzene rings is 2. The van der Waals surface area contributed by atoms with Gasteiger partial charge in [-0.05, 0) is 62.8 Å². The predicted molar refractivity (Wildman–Crippen MR) is 143 cm³/mol. The van der Waals surface area contributed by atoms with Crippen LogP contribution >= 0.6 is 24.0 Å². The van der Waals surface area contributed by atoms with Gasteiger partial charge in [-0.25, -0.2) is 9.50 Å². The van der Waals surface area contributed by atoms with Crippen LogP contribution in [0.2, 0.25) is 0 Å². The molecule has 1 saturated carbocycles. The summed E-state index contributed by atoms with van der Waals surface area (Å²) >= 11 is 7.25. The Labute approximate surface area is 209 Å². The summed E-state index contributed by atoms with van der Waals surface area (Å²) < 4.78 is 1.88. The van der Waals surface area contributed by atoms with Gasteiger partial charge in [0.2, 0.25) is 0 Å². The van der Waals surface area contributed by atoms with Crippen molar-refractivity contribution in [3.63, 3.8) is 0 Å². The number of thiocarbonyl (C=S) groups is 1. The van der Waals surface area contributed by atoms with Crippen LogP contribution in [-0.4, -0.2) is 36.7 Å². The van der Waals surface area contributed by atoms with Crippen LogP contribution in [-0.2, 0) is 0 Å². The summed E-state index contributed by atoms with van der Waals surface area (Å²) in [5.41, 5.74) is 3.79. The SMILES string of the molecule is CC(C)(O)CNc1cc(Sc2ccccc2)nn2c(-c3ccc(C(=S)CC4CC4)cc3)cnc12. The van der Waals surface area contributed by atoms with E-state index in [2.05, 4.69) is 46.7 Å². The van der Waals surface area contributed by atoms with Crippen LogP contribution in [0.1, 0.15) is 38.7 Å². The Morgan fingerprint density at radius 1 is 1.15 bits per heavy atom. The summed E-state index contributed by atoms with van der Waals surface area (Å²) in [6.45, 7) is 3.96. The van der Waals surface area contributed by atoms with Gasteiger partial charge >= 0.3 is 0 Å². The van der Waals surface area contributed by atoms with Gasteiger partial charge < -0.3 is 10.4 Å². The fraction of sp³-hybridized carbons (Fsp3) is 0.296. The summed E-state index contributed by atoms with van der Waals surface area (Å²) in [5.74, 6) is 0.783. The minimum atomic E-state index is -0.850. The third-order valence-corrected chi connectivity index (χ3v) is 7.11. The van der Waals surface area contributed by atoms with Gasteiger partial charge in [0.05, 0.1) is 23.2 Å². The van der Waals surface area contributed by atoms with Crippen molar-refractivity contribution in [2.24, 2.45) is 5.92 Å². The lowest BCUT2D eigenvalue weighted by Gasteiger charge is -2.19. The number of rotatable bonds is 9. The van der Waals surface area contributed by atoms with Crippen molar-refractivity contribution in [2.75, 3.05) is 11.9 Å². The van der Waals surface area contributed by atoms with Gasteiger partial charge in [-0.1, -0.05) is 66.4 Å². The first-order valence-electron chi connectivity index (χ1n) is 11.6. The Kier molecular flexibility index (Phi) is 6.42. The first-order chi connectivity index (χ1) is 16.4. The zero-order valence-electron chi connectivity index (χ0n) is 19.4. The maximum Gasteiger partial charge on any atom is 0.177 e. The van der Waals surface area contributed by atoms with E-state index in [0.29, 0.717) is 6.54 Å². The molecule has 0 unspecified atom stereocenters. The number of fused-ring (bicyclic) bond motifs is 1. The highest BCUT2D eigenvalue weighted by atomic mass is 32.2. The molecule has 2 aromatic heterocycles. The molecule has 1 aliphatic carbocycles. The van der Waals surface area contributed by atoms with Gasteiger partial charge in [0.15, 0.2) is 5.65 Å². The molecular formula is C27H28N4OS2. The molecule has 0 radical (unpaired) electrons. The number of aromatic nitrogens is 3. The minimum Gasteiger partial charge on any atom is -0.389 e. The lowest BCUT2D eigenvalue weighted by atomic mass is 10.0. The van der Waals surface area contributed by atoms with E-state index >= 15 is 0 Å². The molecule has 1 fully saturated rings. The number of aliphatic hydroxyl groups is 1. The monoisotopic (exact) mass is 488 g/mol. The topological polar surface area (TPSA) is 62.5 Å². The molecule has 2 N–H and O–H groups in total. The first-order valence-corrected chi connectivity index (χ1v) is 12.8. The Balaban J connectivity index is 1.50. The number of nitrogens with zero attached hydrogens (tertiary/aromatic N) is 3. The van der Waals surface area contributed by atoms with Gasteiger partial charge in [0.1, 0.15) is 5.03 Å². The number of hydrogen-bond donors (Lipinski definition) is 2. The Bertz CT molecular complexity index is 1310. The molecule has 2 aromatic carbocycles. The van der Waals surface area contributed by atoms with Crippen molar-refractivity contribution < 1.29 is 5.11 Å². The molecule has 5 nitrogen and oxygen atoms in total. The van der Waals surface area contributed by atoms with Crippen molar-refractivity contribution in [3.05, 3.63) is 72.4 Å². The lowest BCUT2D eigenvalue weighted by Crippen LogP contribution is -2.29. The first kappa shape index (κ1) is 23.0. The molecule has 34 heavy (non-hydrogen) atoms. The van der Waals surface area contributed by atoms with Crippen LogP contribution < -0.4 is 5.32 Å². The van der Waals surface area contributed by atoms with Crippen LogP contribution in [0.5, 0.6) is 0 Å². The van der Waals surface area contributed by atoms with Gasteiger partial charge in [-0.15, -0.1) is 0 Å². The highest BCUT2D eigenvalue weighted by Crippen LogP contribution is 2.34. The molecule has 0 atom stereocenters. The zero-order valence-corrected chi connectivity index (χ0v) is 21.0. The van der Waals surface area contributed by atoms with Gasteiger partial charge in [-0.3, -0.25) is 0 Å². The average Bonchev–Trinajstić information content (AvgIpc) is 3.53. The van der Waals surface area contributed by atoms with Crippen molar-refractivity contribution in [1.29, 1.82) is 0 Å². The van der Waals surface area contributed by atoms with Crippen LogP contribution in [0.4, 0.5) is 5.69 Å². The summed E-state index contributed by atoms with van der Waals surface area (Å²) in [4.78, 5) is 6.83. The van der Waals surface area contributed by atoms with E-state index in [-0.39, 0.29) is 0 Å². The smallest absolute Gasteiger partial charge is 0.177 e. The van der Waals surface area contributed by atoms with Crippen LogP contribution in [0.15, 0.2) is 76.8 Å². The molecule has 7 heteroatoms. The fourth-order valence-corrected chi connectivity index (χ4v) is 4.98. The Morgan fingerprint density at radius 2 is 1.88 bits per heavy atom. The molecule has 174 valence electrons. The lowest BCUT2D eigenvalue weighted by molar-refractivity contribution is 0.0945. The molecular weight excluding hydrogens is 460 g/mol. The number of anilines is 1. The van der Waals surface area contributed by atoms with Gasteiger partial charge in [0, 0.05) is 21.9 Å². The minimum absolute atomic E-state index is 0.400. The summed E-state index contributed by atoms with van der Waals surface area (Å²) in [6, 6.07) is 20.6. The second kappa shape index (κ2) is 9.49. The number of nitrogens with one attached hydrogen (secondary N) is 1. The van der Waals surface area contributed by atoms with E-state index in [1.807, 2.05) is 35.0 Å². The quantitative estimate of drug-likeness (QED) is 0.215. The Hall–Kier alpha value is -2.74. The van der Waals surface area contributed by atoms with Crippen LogP contribution in [0, 0.1) is 5.92 Å². The zero-order chi connectivity index (χ0) is 23.7. The van der Waals surface area contributed by atoms with E-state index < -0.39 is 5.60 Å². The third kappa shape index (κ3) is 5.49. The van der Waals surface area contributed by atoms with E-state index in [0.717, 1.165) is 55.3 Å². The average molecular weight is 489 g/mol. The molecule has 0 bridgehead atoms. The van der Waals surface area contributed by atoms with E-state index in [1.54, 1.807) is 25.6 Å². The fourth-order valence-electron chi connectivity index (χ4n) is 3.77. The van der Waals surface area contributed by atoms with Crippen molar-refractivity contribution in [2.45, 2.75) is 48.6 Å². The normalized spacial score (nSPS) is 13.9. The van der Waals surface area contributed by atoms with Crippen molar-refractivity contribution >= 4 is 40.2 Å². The van der Waals surface area contributed by atoms with Crippen LogP contribution in [0.3, 0.4) is 0 Å². The van der Waals surface area contributed by atoms with E-state index in [4.69, 9.17) is 17.3 Å². The number of imidazole rings is 1. The summed E-state index contributed by atoms with van der Waals surface area (Å²) in [6.07, 6.45) is 5.48. The van der Waals surface area contributed by atoms with Crippen LogP contribution in [0.25, 0.3) is 16.9 Å². The number of hydrogen-bond acceptors (Lipinski definition) is 6. The Morgan fingerprint density at radius 3 is 2.56 bits per heavy atom. The van der Waals surface area contributed by atoms with E-state index in [9.17, 15) is 5.11 Å². The molecule has 0 aliphatic heterocycles. The van der Waals surface area contributed by atoms with Gasteiger partial charge in [-0.2, -0.15) is 5.10 Å². The summed E-state index contributed by atoms with van der Waals surface area (Å²) in [7, 11) is 0. The molecule has 1 aliphatic rings. The maximum atomic E-state index is 10.2. The largest absolute Gasteiger partial charge is 0.389 e. The third-order valence-electron chi connectivity index (χ3n) is 5.80. The standard InChI is InChI=1S/C27H28N4OS2/c1-27(2,32)17-29-22-15-25(34-21-6-4-3-5-7-21)30-31-23(16-28-26(22)31)19-10-12-20(13-11-19)24(33)14-18-8-9-18/h3-7,10-13,15-16,18,29,32H,8-9,14,17H2,1-2H3. The molecule has 2 heterocycles. The second-order valence-electron chi connectivity index (χ2n) is 9.50. The summed E-state index contributed by atoms with van der Waals surface area (Å²) in [5, 5.41) is 19.4. The molecule has 0 spiro atoms. The highest BCUT2D eigenvalue weighted by molar-refractivity contribution is 7.99. The molecule has 0 saturated heterocycles. The van der Waals surface area contributed by atoms with E-state index in [1.165, 1.54) is 12.8 Å².